The highest BCUT2D eigenvalue weighted by Gasteiger charge is 2.18. The van der Waals surface area contributed by atoms with Crippen LogP contribution in [0.25, 0.3) is 0 Å². The van der Waals surface area contributed by atoms with Crippen LogP contribution in [0.4, 0.5) is 4.39 Å². The number of carbonyl (C=O) groups excluding carboxylic acids is 1. The van der Waals surface area contributed by atoms with Gasteiger partial charge in [0.15, 0.2) is 0 Å². The van der Waals surface area contributed by atoms with Crippen LogP contribution in [-0.2, 0) is 16.1 Å². The van der Waals surface area contributed by atoms with Crippen LogP contribution in [0.1, 0.15) is 12.0 Å². The molecule has 2 rings (SSSR count). The van der Waals surface area contributed by atoms with E-state index in [2.05, 4.69) is 14.5 Å². The Labute approximate surface area is 129 Å². The number of nitrogens with zero attached hydrogens (tertiary/aromatic N) is 2. The van der Waals surface area contributed by atoms with Gasteiger partial charge in [0.2, 0.25) is 0 Å². The van der Waals surface area contributed by atoms with Gasteiger partial charge in [-0.05, 0) is 17.7 Å². The lowest BCUT2D eigenvalue weighted by atomic mass is 10.2. The predicted molar refractivity (Wildman–Crippen MR) is 79.8 cm³/mol. The normalized spacial score (nSPS) is 16.9. The molecule has 0 bridgehead atoms. The van der Waals surface area contributed by atoms with Crippen LogP contribution in [0.15, 0.2) is 18.2 Å². The van der Waals surface area contributed by atoms with Crippen molar-refractivity contribution in [3.05, 3.63) is 34.6 Å². The first-order valence-electron chi connectivity index (χ1n) is 7.04. The van der Waals surface area contributed by atoms with Crippen molar-refractivity contribution in [2.75, 3.05) is 39.8 Å². The minimum atomic E-state index is -0.309. The average molecular weight is 315 g/mol. The van der Waals surface area contributed by atoms with Gasteiger partial charge in [-0.1, -0.05) is 17.7 Å². The Bertz CT molecular complexity index is 491. The van der Waals surface area contributed by atoms with Crippen LogP contribution < -0.4 is 0 Å². The van der Waals surface area contributed by atoms with Gasteiger partial charge in [-0.2, -0.15) is 0 Å². The Morgan fingerprint density at radius 1 is 1.29 bits per heavy atom. The zero-order chi connectivity index (χ0) is 15.2. The molecule has 0 unspecified atom stereocenters. The maximum atomic E-state index is 13.0. The van der Waals surface area contributed by atoms with E-state index in [9.17, 15) is 9.18 Å². The van der Waals surface area contributed by atoms with Crippen molar-refractivity contribution in [2.45, 2.75) is 13.0 Å². The molecule has 1 saturated heterocycles. The standard InChI is InChI=1S/C15H20ClFN2O2/c1-21-15(20)4-5-18-6-8-19(9-7-18)11-12-2-3-13(17)10-14(12)16/h2-3,10H,4-9,11H2,1H3. The molecule has 1 aliphatic rings. The topological polar surface area (TPSA) is 32.8 Å². The Balaban J connectivity index is 1.77. The number of piperazine rings is 1. The van der Waals surface area contributed by atoms with E-state index in [4.69, 9.17) is 11.6 Å². The molecule has 0 saturated carbocycles. The van der Waals surface area contributed by atoms with Gasteiger partial charge in [0, 0.05) is 44.3 Å². The first-order valence-corrected chi connectivity index (χ1v) is 7.41. The Hall–Kier alpha value is -1.17. The molecule has 0 N–H and O–H groups in total. The smallest absolute Gasteiger partial charge is 0.306 e. The van der Waals surface area contributed by atoms with Crippen LogP contribution >= 0.6 is 11.6 Å². The maximum absolute atomic E-state index is 13.0. The third kappa shape index (κ3) is 4.95. The summed E-state index contributed by atoms with van der Waals surface area (Å²) in [4.78, 5) is 15.7. The number of halogens is 2. The first kappa shape index (κ1) is 16.2. The molecule has 21 heavy (non-hydrogen) atoms. The Morgan fingerprint density at radius 2 is 1.95 bits per heavy atom. The lowest BCUT2D eigenvalue weighted by Crippen LogP contribution is -2.46. The zero-order valence-electron chi connectivity index (χ0n) is 12.1. The summed E-state index contributed by atoms with van der Waals surface area (Å²) in [7, 11) is 1.41. The summed E-state index contributed by atoms with van der Waals surface area (Å²) in [5.41, 5.74) is 0.945. The van der Waals surface area contributed by atoms with Crippen LogP contribution in [0, 0.1) is 5.82 Å². The first-order chi connectivity index (χ1) is 10.1. The van der Waals surface area contributed by atoms with Gasteiger partial charge < -0.3 is 9.64 Å². The summed E-state index contributed by atoms with van der Waals surface area (Å²) in [6.45, 7) is 5.11. The molecule has 0 atom stereocenters. The summed E-state index contributed by atoms with van der Waals surface area (Å²) in [5, 5.41) is 0.475. The lowest BCUT2D eigenvalue weighted by Gasteiger charge is -2.34. The highest BCUT2D eigenvalue weighted by atomic mass is 35.5. The van der Waals surface area contributed by atoms with Gasteiger partial charge in [-0.3, -0.25) is 9.69 Å². The molecule has 6 heteroatoms. The fourth-order valence-corrected chi connectivity index (χ4v) is 2.64. The third-order valence-corrected chi connectivity index (χ3v) is 4.09. The van der Waals surface area contributed by atoms with Crippen molar-refractivity contribution < 1.29 is 13.9 Å². The van der Waals surface area contributed by atoms with Crippen LogP contribution in [-0.4, -0.2) is 55.6 Å². The fourth-order valence-electron chi connectivity index (χ4n) is 2.41. The molecule has 1 aromatic rings. The average Bonchev–Trinajstić information content (AvgIpc) is 2.49. The van der Waals surface area contributed by atoms with E-state index in [-0.39, 0.29) is 11.8 Å². The van der Waals surface area contributed by atoms with Gasteiger partial charge in [0.1, 0.15) is 5.82 Å². The van der Waals surface area contributed by atoms with Crippen molar-refractivity contribution >= 4 is 17.6 Å². The van der Waals surface area contributed by atoms with Crippen LogP contribution in [0.5, 0.6) is 0 Å². The minimum Gasteiger partial charge on any atom is -0.469 e. The number of hydrogen-bond acceptors (Lipinski definition) is 4. The van der Waals surface area contributed by atoms with Crippen molar-refractivity contribution in [1.29, 1.82) is 0 Å². The largest absolute Gasteiger partial charge is 0.469 e. The van der Waals surface area contributed by atoms with Gasteiger partial charge in [-0.15, -0.1) is 0 Å². The quantitative estimate of drug-likeness (QED) is 0.780. The Morgan fingerprint density at radius 3 is 2.57 bits per heavy atom. The van der Waals surface area contributed by atoms with Crippen molar-refractivity contribution in [2.24, 2.45) is 0 Å². The number of benzene rings is 1. The predicted octanol–water partition coefficient (Wildman–Crippen LogP) is 2.16. The minimum absolute atomic E-state index is 0.171. The number of rotatable bonds is 5. The summed E-state index contributed by atoms with van der Waals surface area (Å²) >= 11 is 6.05. The van der Waals surface area contributed by atoms with Crippen LogP contribution in [0.3, 0.4) is 0 Å². The highest BCUT2D eigenvalue weighted by Crippen LogP contribution is 2.19. The summed E-state index contributed by atoms with van der Waals surface area (Å²) < 4.78 is 17.7. The molecule has 0 radical (unpaired) electrons. The number of hydrogen-bond donors (Lipinski definition) is 0. The third-order valence-electron chi connectivity index (χ3n) is 3.73. The second-order valence-electron chi connectivity index (χ2n) is 5.18. The van der Waals surface area contributed by atoms with Gasteiger partial charge in [0.25, 0.3) is 0 Å². The second-order valence-corrected chi connectivity index (χ2v) is 5.59. The molecule has 1 fully saturated rings. The molecule has 0 spiro atoms. The molecule has 0 aromatic heterocycles. The van der Waals surface area contributed by atoms with E-state index in [1.165, 1.54) is 19.2 Å². The molecule has 4 nitrogen and oxygen atoms in total. The van der Waals surface area contributed by atoms with Crippen molar-refractivity contribution in [3.8, 4) is 0 Å². The molecule has 0 amide bonds. The van der Waals surface area contributed by atoms with Crippen molar-refractivity contribution in [1.82, 2.24) is 9.80 Å². The molecular weight excluding hydrogens is 295 g/mol. The van der Waals surface area contributed by atoms with Gasteiger partial charge in [-0.25, -0.2) is 4.39 Å². The number of esters is 1. The molecule has 1 aromatic carbocycles. The molecule has 1 aliphatic heterocycles. The van der Waals surface area contributed by atoms with E-state index in [0.717, 1.165) is 44.8 Å². The van der Waals surface area contributed by atoms with Crippen molar-refractivity contribution in [3.63, 3.8) is 0 Å². The van der Waals surface area contributed by atoms with Gasteiger partial charge in [0.05, 0.1) is 13.5 Å². The lowest BCUT2D eigenvalue weighted by molar-refractivity contribution is -0.141. The number of ether oxygens (including phenoxy) is 1. The number of methoxy groups -OCH3 is 1. The zero-order valence-corrected chi connectivity index (χ0v) is 12.9. The summed E-state index contributed by atoms with van der Waals surface area (Å²) in [5.74, 6) is -0.480. The maximum Gasteiger partial charge on any atom is 0.306 e. The second kappa shape index (κ2) is 7.73. The molecule has 116 valence electrons. The molecular formula is C15H20ClFN2O2. The molecule has 0 aliphatic carbocycles. The fraction of sp³-hybridized carbons (Fsp3) is 0.533. The summed E-state index contributed by atoms with van der Waals surface area (Å²) in [6, 6.07) is 4.53. The van der Waals surface area contributed by atoms with E-state index < -0.39 is 0 Å². The van der Waals surface area contributed by atoms with E-state index in [1.54, 1.807) is 6.07 Å². The highest BCUT2D eigenvalue weighted by molar-refractivity contribution is 6.31. The Kier molecular flexibility index (Phi) is 5.96. The van der Waals surface area contributed by atoms with E-state index in [1.807, 2.05) is 0 Å². The number of carbonyl (C=O) groups is 1. The summed E-state index contributed by atoms with van der Waals surface area (Å²) in [6.07, 6.45) is 0.431. The van der Waals surface area contributed by atoms with Crippen LogP contribution in [0.2, 0.25) is 5.02 Å². The van der Waals surface area contributed by atoms with E-state index in [0.29, 0.717) is 11.4 Å². The molecule has 1 heterocycles. The monoisotopic (exact) mass is 314 g/mol. The SMILES string of the molecule is COC(=O)CCN1CCN(Cc2ccc(F)cc2Cl)CC1. The van der Waals surface area contributed by atoms with Gasteiger partial charge >= 0.3 is 5.97 Å². The van der Waals surface area contributed by atoms with E-state index >= 15 is 0 Å².